The third-order valence-electron chi connectivity index (χ3n) is 4.52. The van der Waals surface area contributed by atoms with Crippen molar-refractivity contribution < 1.29 is 14.3 Å². The maximum absolute atomic E-state index is 12.9. The Morgan fingerprint density at radius 2 is 2.12 bits per heavy atom. The Kier molecular flexibility index (Phi) is 4.47. The molecule has 0 aromatic carbocycles. The van der Waals surface area contributed by atoms with E-state index in [1.165, 1.54) is 7.11 Å². The van der Waals surface area contributed by atoms with Gasteiger partial charge in [-0.2, -0.15) is 0 Å². The fourth-order valence-electron chi connectivity index (χ4n) is 3.58. The van der Waals surface area contributed by atoms with Crippen LogP contribution >= 0.6 is 27.3 Å². The van der Waals surface area contributed by atoms with Crippen LogP contribution in [0.25, 0.3) is 0 Å². The number of carbonyl (C=O) groups is 2. The minimum Gasteiger partial charge on any atom is -0.466 e. The Balaban J connectivity index is 2.18. The number of hydrogen-bond donors (Lipinski definition) is 1. The predicted octanol–water partition coefficient (Wildman–Crippen LogP) is 4.29. The summed E-state index contributed by atoms with van der Waals surface area (Å²) < 4.78 is 5.95. The number of dihydropyridines is 1. The lowest BCUT2D eigenvalue weighted by Crippen LogP contribution is -2.38. The van der Waals surface area contributed by atoms with Crippen molar-refractivity contribution in [3.05, 3.63) is 43.3 Å². The molecule has 3 rings (SSSR count). The van der Waals surface area contributed by atoms with Gasteiger partial charge in [0.05, 0.1) is 18.6 Å². The van der Waals surface area contributed by atoms with Crippen molar-refractivity contribution in [3.8, 4) is 0 Å². The SMILES string of the molecule is COC(=O)C1=C(C)NC2=C(C(=O)CC(C)(C)C2)[C@H]1c1cc(Br)cs1. The van der Waals surface area contributed by atoms with Crippen molar-refractivity contribution in [1.82, 2.24) is 5.32 Å². The molecule has 24 heavy (non-hydrogen) atoms. The lowest BCUT2D eigenvalue weighted by molar-refractivity contribution is -0.136. The summed E-state index contributed by atoms with van der Waals surface area (Å²) in [6, 6.07) is 1.98. The van der Waals surface area contributed by atoms with Crippen molar-refractivity contribution in [2.45, 2.75) is 39.5 Å². The average Bonchev–Trinajstić information content (AvgIpc) is 2.90. The highest BCUT2D eigenvalue weighted by Crippen LogP contribution is 2.48. The number of allylic oxidation sites excluding steroid dienone is 3. The average molecular weight is 410 g/mol. The first-order chi connectivity index (χ1) is 11.2. The quantitative estimate of drug-likeness (QED) is 0.740. The summed E-state index contributed by atoms with van der Waals surface area (Å²) in [4.78, 5) is 26.3. The molecule has 1 atom stereocenters. The highest BCUT2D eigenvalue weighted by atomic mass is 79.9. The molecule has 0 radical (unpaired) electrons. The smallest absolute Gasteiger partial charge is 0.336 e. The number of ketones is 1. The van der Waals surface area contributed by atoms with Crippen LogP contribution in [-0.2, 0) is 14.3 Å². The topological polar surface area (TPSA) is 55.4 Å². The second-order valence-corrected chi connectivity index (χ2v) is 8.95. The summed E-state index contributed by atoms with van der Waals surface area (Å²) >= 11 is 5.02. The van der Waals surface area contributed by atoms with Gasteiger partial charge in [0.1, 0.15) is 0 Å². The number of methoxy groups -OCH3 is 1. The number of halogens is 1. The molecular formula is C18H20BrNO3S. The van der Waals surface area contributed by atoms with Crippen molar-refractivity contribution in [3.63, 3.8) is 0 Å². The fraction of sp³-hybridized carbons (Fsp3) is 0.444. The monoisotopic (exact) mass is 409 g/mol. The van der Waals surface area contributed by atoms with Crippen LogP contribution in [0.4, 0.5) is 0 Å². The molecule has 0 saturated carbocycles. The highest BCUT2D eigenvalue weighted by molar-refractivity contribution is 9.10. The molecule has 4 nitrogen and oxygen atoms in total. The van der Waals surface area contributed by atoms with Crippen LogP contribution in [0.15, 0.2) is 38.5 Å². The Bertz CT molecular complexity index is 788. The van der Waals surface area contributed by atoms with Gasteiger partial charge in [-0.15, -0.1) is 11.3 Å². The van der Waals surface area contributed by atoms with Crippen LogP contribution in [0.5, 0.6) is 0 Å². The van der Waals surface area contributed by atoms with E-state index in [4.69, 9.17) is 4.74 Å². The van der Waals surface area contributed by atoms with Crippen LogP contribution < -0.4 is 5.32 Å². The zero-order valence-electron chi connectivity index (χ0n) is 14.2. The minimum absolute atomic E-state index is 0.0768. The largest absolute Gasteiger partial charge is 0.466 e. The van der Waals surface area contributed by atoms with E-state index in [0.29, 0.717) is 12.0 Å². The molecule has 2 heterocycles. The molecular weight excluding hydrogens is 390 g/mol. The van der Waals surface area contributed by atoms with Gasteiger partial charge in [0, 0.05) is 38.1 Å². The first kappa shape index (κ1) is 17.4. The number of hydrogen-bond acceptors (Lipinski definition) is 5. The van der Waals surface area contributed by atoms with E-state index in [1.807, 2.05) is 18.4 Å². The van der Waals surface area contributed by atoms with E-state index in [1.54, 1.807) is 11.3 Å². The predicted molar refractivity (Wildman–Crippen MR) is 97.7 cm³/mol. The molecule has 6 heteroatoms. The molecule has 1 aliphatic heterocycles. The van der Waals surface area contributed by atoms with Gasteiger partial charge in [0.15, 0.2) is 5.78 Å². The maximum atomic E-state index is 12.9. The lowest BCUT2D eigenvalue weighted by Gasteiger charge is -2.39. The fourth-order valence-corrected chi connectivity index (χ4v) is 5.14. The first-order valence-corrected chi connectivity index (χ1v) is 9.47. The third kappa shape index (κ3) is 2.97. The summed E-state index contributed by atoms with van der Waals surface area (Å²) in [7, 11) is 1.37. The zero-order chi connectivity index (χ0) is 17.6. The van der Waals surface area contributed by atoms with Crippen LogP contribution in [-0.4, -0.2) is 18.9 Å². The normalized spacial score (nSPS) is 23.0. The second-order valence-electron chi connectivity index (χ2n) is 7.09. The molecule has 1 aromatic rings. The second kappa shape index (κ2) is 6.15. The Hall–Kier alpha value is -1.40. The number of ether oxygens (including phenoxy) is 1. The van der Waals surface area contributed by atoms with Crippen LogP contribution in [0.1, 0.15) is 44.4 Å². The number of thiophene rings is 1. The summed E-state index contributed by atoms with van der Waals surface area (Å²) in [5.74, 6) is -0.635. The third-order valence-corrected chi connectivity index (χ3v) is 6.28. The molecule has 0 unspecified atom stereocenters. The van der Waals surface area contributed by atoms with Gasteiger partial charge in [-0.25, -0.2) is 4.79 Å². The first-order valence-electron chi connectivity index (χ1n) is 7.80. The van der Waals surface area contributed by atoms with Crippen LogP contribution in [0.3, 0.4) is 0 Å². The summed E-state index contributed by atoms with van der Waals surface area (Å²) in [6.07, 6.45) is 1.28. The molecule has 0 saturated heterocycles. The molecule has 128 valence electrons. The summed E-state index contributed by atoms with van der Waals surface area (Å²) in [5.41, 5.74) is 2.87. The van der Waals surface area contributed by atoms with Crippen molar-refractivity contribution in [2.24, 2.45) is 5.41 Å². The molecule has 1 aromatic heterocycles. The van der Waals surface area contributed by atoms with Gasteiger partial charge in [-0.3, -0.25) is 4.79 Å². The van der Waals surface area contributed by atoms with Crippen molar-refractivity contribution >= 4 is 39.0 Å². The molecule has 0 bridgehead atoms. The molecule has 1 aliphatic carbocycles. The molecule has 2 aliphatic rings. The van der Waals surface area contributed by atoms with E-state index >= 15 is 0 Å². The van der Waals surface area contributed by atoms with Crippen molar-refractivity contribution in [1.29, 1.82) is 0 Å². The number of rotatable bonds is 2. The molecule has 0 fully saturated rings. The van der Waals surface area contributed by atoms with Crippen LogP contribution in [0, 0.1) is 5.41 Å². The molecule has 0 amide bonds. The Labute approximate surface area is 154 Å². The Morgan fingerprint density at radius 3 is 2.71 bits per heavy atom. The van der Waals surface area contributed by atoms with Crippen LogP contribution in [0.2, 0.25) is 0 Å². The summed E-state index contributed by atoms with van der Waals surface area (Å²) in [6.45, 7) is 6.07. The Morgan fingerprint density at radius 1 is 1.42 bits per heavy atom. The number of esters is 1. The number of nitrogens with one attached hydrogen (secondary N) is 1. The number of carbonyl (C=O) groups excluding carboxylic acids is 2. The van der Waals surface area contributed by atoms with E-state index in [2.05, 4.69) is 35.1 Å². The van der Waals surface area contributed by atoms with Gasteiger partial charge in [0.25, 0.3) is 0 Å². The number of Topliss-reactive ketones (excluding diaryl/α,β-unsaturated/α-hetero) is 1. The molecule has 0 spiro atoms. The summed E-state index contributed by atoms with van der Waals surface area (Å²) in [5, 5.41) is 5.28. The van der Waals surface area contributed by atoms with E-state index in [-0.39, 0.29) is 17.1 Å². The van der Waals surface area contributed by atoms with Crippen molar-refractivity contribution in [2.75, 3.05) is 7.11 Å². The van der Waals surface area contributed by atoms with Gasteiger partial charge < -0.3 is 10.1 Å². The van der Waals surface area contributed by atoms with E-state index in [9.17, 15) is 9.59 Å². The lowest BCUT2D eigenvalue weighted by atomic mass is 9.70. The zero-order valence-corrected chi connectivity index (χ0v) is 16.6. The van der Waals surface area contributed by atoms with E-state index in [0.717, 1.165) is 32.7 Å². The van der Waals surface area contributed by atoms with Gasteiger partial charge in [-0.05, 0) is 40.8 Å². The van der Waals surface area contributed by atoms with Gasteiger partial charge in [-0.1, -0.05) is 13.8 Å². The van der Waals surface area contributed by atoms with Gasteiger partial charge >= 0.3 is 5.97 Å². The van der Waals surface area contributed by atoms with E-state index < -0.39 is 5.97 Å². The molecule has 1 N–H and O–H groups in total. The minimum atomic E-state index is -0.390. The van der Waals surface area contributed by atoms with Gasteiger partial charge in [0.2, 0.25) is 0 Å². The maximum Gasteiger partial charge on any atom is 0.336 e. The standard InChI is InChI=1S/C18H20BrNO3S/c1-9-14(17(22)23-4)16(13-5-10(19)8-24-13)15-11(20-9)6-18(2,3)7-12(15)21/h5,8,16,20H,6-7H2,1-4H3/t16-/m0/s1. The highest BCUT2D eigenvalue weighted by Gasteiger charge is 2.43.